The quantitative estimate of drug-likeness (QED) is 0.528. The van der Waals surface area contributed by atoms with Crippen molar-refractivity contribution in [3.63, 3.8) is 0 Å². The maximum absolute atomic E-state index is 13.4. The summed E-state index contributed by atoms with van der Waals surface area (Å²) in [5.41, 5.74) is 1.61. The third-order valence-electron chi connectivity index (χ3n) is 10.1. The molecule has 1 spiro atoms. The second-order valence-corrected chi connectivity index (χ2v) is 12.2. The van der Waals surface area contributed by atoms with Gasteiger partial charge < -0.3 is 25.0 Å². The number of aromatic hydroxyl groups is 1. The number of carbonyl (C=O) groups excluding carboxylic acids is 1. The molecule has 7 rings (SSSR count). The van der Waals surface area contributed by atoms with E-state index >= 15 is 0 Å². The minimum Gasteiger partial charge on any atom is -0.504 e. The largest absolute Gasteiger partial charge is 0.504 e. The van der Waals surface area contributed by atoms with Gasteiger partial charge in [-0.3, -0.25) is 9.69 Å². The fourth-order valence-corrected chi connectivity index (χ4v) is 8.04. The number of aliphatic hydroxyl groups excluding tert-OH is 1. The number of benzene rings is 2. The van der Waals surface area contributed by atoms with Crippen LogP contribution in [0.25, 0.3) is 6.08 Å². The fourth-order valence-electron chi connectivity index (χ4n) is 8.04. The molecular weight excluding hydrogens is 480 g/mol. The number of hydrogen-bond acceptors (Lipinski definition) is 6. The molecule has 5 aliphatic rings. The van der Waals surface area contributed by atoms with Crippen LogP contribution in [0.1, 0.15) is 60.5 Å². The first-order chi connectivity index (χ1) is 18.2. The molecule has 0 unspecified atom stereocenters. The van der Waals surface area contributed by atoms with Crippen molar-refractivity contribution in [3.05, 3.63) is 64.7 Å². The number of rotatable bonds is 5. The topological polar surface area (TPSA) is 93.5 Å². The van der Waals surface area contributed by atoms with E-state index in [0.717, 1.165) is 29.8 Å². The Bertz CT molecular complexity index is 1320. The molecule has 3 N–H and O–H groups in total. The number of phenols is 1. The smallest absolute Gasteiger partial charge is 0.246 e. The van der Waals surface area contributed by atoms with Gasteiger partial charge in [0.1, 0.15) is 6.10 Å². The molecule has 0 aromatic heterocycles. The lowest BCUT2D eigenvalue weighted by atomic mass is 9.47. The normalized spacial score (nSPS) is 35.2. The van der Waals surface area contributed by atoms with Crippen LogP contribution in [0.3, 0.4) is 0 Å². The molecule has 2 saturated carbocycles. The third kappa shape index (κ3) is 3.22. The number of aryl methyl sites for hydroxylation is 1. The Kier molecular flexibility index (Phi) is 5.29. The standard InChI is InChI=1S/C31H36N2O5/c1-18-3-5-19(6-4-18)9-12-24(35)32(2)22-13-14-31(37)28-26(36)21-10-11-23(34)27-25(21)30(31,29(22)38-27)15-16-33(28)17-20-7-8-20/h3-6,9-12,20,22,26,28-29,34,36-37H,7-8,13-17H2,1-2H3/b12-9+/t22-,26+,28-,29+,30+,31-/m1/s1. The Morgan fingerprint density at radius 3 is 2.66 bits per heavy atom. The number of carbonyl (C=O) groups is 1. The number of likely N-dealkylation sites (tertiary alicyclic amines) is 1. The monoisotopic (exact) mass is 516 g/mol. The number of phenolic OH excluding ortho intramolecular Hbond substituents is 1. The van der Waals surface area contributed by atoms with Gasteiger partial charge in [0.25, 0.3) is 0 Å². The number of nitrogens with zero attached hydrogens (tertiary/aromatic N) is 2. The molecule has 6 atom stereocenters. The number of piperidine rings is 1. The highest BCUT2D eigenvalue weighted by molar-refractivity contribution is 5.92. The maximum atomic E-state index is 13.4. The first-order valence-corrected chi connectivity index (χ1v) is 13.9. The number of hydrogen-bond donors (Lipinski definition) is 3. The van der Waals surface area contributed by atoms with Gasteiger partial charge in [-0.1, -0.05) is 35.9 Å². The molecule has 2 aromatic carbocycles. The van der Waals surface area contributed by atoms with E-state index < -0.39 is 29.3 Å². The fraction of sp³-hybridized carbons (Fsp3) is 0.516. The molecule has 2 aromatic rings. The minimum atomic E-state index is -1.21. The SMILES string of the molecule is Cc1ccc(/C=C/C(=O)N(C)[C@@H]2CC[C@@]3(O)[C@H]4[C@@H](O)c5ccc(O)c6c5[C@@]3(CCN4CC3CC3)[C@H]2O6)cc1. The maximum Gasteiger partial charge on any atom is 0.246 e. The molecule has 3 fully saturated rings. The zero-order chi connectivity index (χ0) is 26.4. The van der Waals surface area contributed by atoms with E-state index in [1.54, 1.807) is 30.2 Å². The second kappa shape index (κ2) is 8.31. The van der Waals surface area contributed by atoms with Gasteiger partial charge in [-0.25, -0.2) is 0 Å². The summed E-state index contributed by atoms with van der Waals surface area (Å²) in [6.45, 7) is 3.66. The van der Waals surface area contributed by atoms with Gasteiger partial charge in [0.15, 0.2) is 11.5 Å². The van der Waals surface area contributed by atoms with Crippen molar-refractivity contribution in [1.82, 2.24) is 9.80 Å². The number of amides is 1. The van der Waals surface area contributed by atoms with Crippen molar-refractivity contribution in [3.8, 4) is 11.5 Å². The molecule has 1 saturated heterocycles. The van der Waals surface area contributed by atoms with Gasteiger partial charge in [-0.05, 0) is 74.8 Å². The first-order valence-electron chi connectivity index (χ1n) is 13.9. The van der Waals surface area contributed by atoms with Gasteiger partial charge in [-0.15, -0.1) is 0 Å². The van der Waals surface area contributed by atoms with E-state index in [9.17, 15) is 20.1 Å². The zero-order valence-corrected chi connectivity index (χ0v) is 22.0. The molecular formula is C31H36N2O5. The van der Waals surface area contributed by atoms with Gasteiger partial charge in [0, 0.05) is 25.2 Å². The van der Waals surface area contributed by atoms with E-state index in [1.807, 2.05) is 37.3 Å². The van der Waals surface area contributed by atoms with Crippen molar-refractivity contribution < 1.29 is 24.9 Å². The van der Waals surface area contributed by atoms with Gasteiger partial charge in [0.05, 0.1) is 29.2 Å². The summed E-state index contributed by atoms with van der Waals surface area (Å²) in [7, 11) is 1.80. The van der Waals surface area contributed by atoms with Gasteiger partial charge >= 0.3 is 0 Å². The number of aliphatic hydroxyl groups is 2. The number of ether oxygens (including phenoxy) is 1. The van der Waals surface area contributed by atoms with Crippen LogP contribution >= 0.6 is 0 Å². The summed E-state index contributed by atoms with van der Waals surface area (Å²) in [6.07, 6.45) is 6.11. The van der Waals surface area contributed by atoms with Crippen molar-refractivity contribution >= 4 is 12.0 Å². The Hall–Kier alpha value is -2.87. The molecule has 1 amide bonds. The van der Waals surface area contributed by atoms with Crippen molar-refractivity contribution in [2.45, 2.75) is 74.3 Å². The van der Waals surface area contributed by atoms with E-state index in [2.05, 4.69) is 4.90 Å². The summed E-state index contributed by atoms with van der Waals surface area (Å²) in [6, 6.07) is 10.7. The molecule has 3 aliphatic carbocycles. The van der Waals surface area contributed by atoms with Crippen molar-refractivity contribution in [1.29, 1.82) is 0 Å². The molecule has 2 aliphatic heterocycles. The van der Waals surface area contributed by atoms with Crippen LogP contribution in [-0.4, -0.2) is 75.0 Å². The molecule has 7 heteroatoms. The van der Waals surface area contributed by atoms with Crippen molar-refractivity contribution in [2.24, 2.45) is 5.92 Å². The molecule has 2 heterocycles. The average Bonchev–Trinajstić information content (AvgIpc) is 3.65. The Morgan fingerprint density at radius 2 is 1.92 bits per heavy atom. The average molecular weight is 517 g/mol. The molecule has 2 bridgehead atoms. The van der Waals surface area contributed by atoms with E-state index in [0.29, 0.717) is 30.9 Å². The highest BCUT2D eigenvalue weighted by Crippen LogP contribution is 2.67. The van der Waals surface area contributed by atoms with Crippen LogP contribution in [0.5, 0.6) is 11.5 Å². The summed E-state index contributed by atoms with van der Waals surface area (Å²) in [4.78, 5) is 17.4. The summed E-state index contributed by atoms with van der Waals surface area (Å²) >= 11 is 0. The third-order valence-corrected chi connectivity index (χ3v) is 10.1. The van der Waals surface area contributed by atoms with Crippen molar-refractivity contribution in [2.75, 3.05) is 20.1 Å². The van der Waals surface area contributed by atoms with Gasteiger partial charge in [-0.2, -0.15) is 0 Å². The number of likely N-dealkylation sites (N-methyl/N-ethyl adjacent to an activating group) is 1. The molecule has 0 radical (unpaired) electrons. The second-order valence-electron chi connectivity index (χ2n) is 12.2. The predicted molar refractivity (Wildman–Crippen MR) is 143 cm³/mol. The summed E-state index contributed by atoms with van der Waals surface area (Å²) in [5, 5.41) is 35.1. The van der Waals surface area contributed by atoms with Crippen LogP contribution in [0, 0.1) is 12.8 Å². The van der Waals surface area contributed by atoms with Crippen LogP contribution in [0.2, 0.25) is 0 Å². The summed E-state index contributed by atoms with van der Waals surface area (Å²) < 4.78 is 6.55. The predicted octanol–water partition coefficient (Wildman–Crippen LogP) is 3.30. The highest BCUT2D eigenvalue weighted by Gasteiger charge is 2.75. The molecule has 200 valence electrons. The Balaban J connectivity index is 1.26. The van der Waals surface area contributed by atoms with Crippen LogP contribution < -0.4 is 4.74 Å². The Morgan fingerprint density at radius 1 is 1.16 bits per heavy atom. The van der Waals surface area contributed by atoms with Crippen LogP contribution in [0.4, 0.5) is 0 Å². The van der Waals surface area contributed by atoms with Gasteiger partial charge in [0.2, 0.25) is 5.91 Å². The van der Waals surface area contributed by atoms with Crippen LogP contribution in [0.15, 0.2) is 42.5 Å². The first kappa shape index (κ1) is 24.2. The molecule has 7 nitrogen and oxygen atoms in total. The van der Waals surface area contributed by atoms with E-state index in [4.69, 9.17) is 4.74 Å². The van der Waals surface area contributed by atoms with E-state index in [1.165, 1.54) is 18.4 Å². The lowest BCUT2D eigenvalue weighted by Crippen LogP contribution is -2.79. The highest BCUT2D eigenvalue weighted by atomic mass is 16.5. The van der Waals surface area contributed by atoms with Crippen LogP contribution in [-0.2, 0) is 10.2 Å². The van der Waals surface area contributed by atoms with E-state index in [-0.39, 0.29) is 17.7 Å². The minimum absolute atomic E-state index is 0.0212. The lowest BCUT2D eigenvalue weighted by molar-refractivity contribution is -0.223. The molecule has 38 heavy (non-hydrogen) atoms. The zero-order valence-electron chi connectivity index (χ0n) is 22.0. The lowest BCUT2D eigenvalue weighted by Gasteiger charge is -2.65. The Labute approximate surface area is 223 Å². The summed E-state index contributed by atoms with van der Waals surface area (Å²) in [5.74, 6) is 0.891.